The molecule has 1 fully saturated rings. The summed E-state index contributed by atoms with van der Waals surface area (Å²) in [6, 6.07) is 19.5. The van der Waals surface area contributed by atoms with Crippen molar-refractivity contribution < 1.29 is 23.9 Å². The molecule has 10 nitrogen and oxygen atoms in total. The molecule has 0 saturated carbocycles. The van der Waals surface area contributed by atoms with Crippen LogP contribution >= 0.6 is 23.1 Å². The number of ether oxygens (including phenoxy) is 1. The highest BCUT2D eigenvalue weighted by Gasteiger charge is 2.57. The summed E-state index contributed by atoms with van der Waals surface area (Å²) in [6.45, 7) is 0. The molecule has 1 aromatic heterocycles. The summed E-state index contributed by atoms with van der Waals surface area (Å²) in [6.07, 6.45) is -0.697. The van der Waals surface area contributed by atoms with Crippen LogP contribution in [0, 0.1) is 0 Å². The lowest BCUT2D eigenvalue weighted by molar-refractivity contribution is -0.165. The van der Waals surface area contributed by atoms with Gasteiger partial charge in [-0.25, -0.2) is 4.79 Å². The number of β-lactam (4-membered cyclic amide) rings is 1. The largest absolute Gasteiger partial charge is 0.451 e. The molecular formula is C27H21N5O5S2. The summed E-state index contributed by atoms with van der Waals surface area (Å²) in [4.78, 5) is 56.8. The number of nitrogens with one attached hydrogen (secondary N) is 1. The Morgan fingerprint density at radius 1 is 1.03 bits per heavy atom. The van der Waals surface area contributed by atoms with Crippen LogP contribution in [0.1, 0.15) is 22.1 Å². The molecule has 0 aliphatic carbocycles. The zero-order valence-corrected chi connectivity index (χ0v) is 21.9. The minimum Gasteiger partial charge on any atom is -0.451 e. The minimum atomic E-state index is -1.44. The van der Waals surface area contributed by atoms with Gasteiger partial charge in [0.15, 0.2) is 12.1 Å². The Balaban J connectivity index is 1.41. The average Bonchev–Trinajstić information content (AvgIpc) is 3.47. The quantitative estimate of drug-likeness (QED) is 0.145. The van der Waals surface area contributed by atoms with Crippen molar-refractivity contribution in [2.45, 2.75) is 30.0 Å². The number of carbonyl (C=O) groups excluding carboxylic acids is 4. The Bertz CT molecular complexity index is 1430. The van der Waals surface area contributed by atoms with Crippen LogP contribution in [0.4, 0.5) is 0 Å². The van der Waals surface area contributed by atoms with Crippen molar-refractivity contribution in [2.24, 2.45) is 5.11 Å². The molecule has 1 saturated heterocycles. The van der Waals surface area contributed by atoms with Crippen molar-refractivity contribution in [1.82, 2.24) is 10.2 Å². The molecule has 0 radical (unpaired) electrons. The van der Waals surface area contributed by atoms with E-state index in [-0.39, 0.29) is 17.9 Å². The minimum absolute atomic E-state index is 0.122. The van der Waals surface area contributed by atoms with Crippen molar-refractivity contribution in [2.75, 3.05) is 0 Å². The molecule has 0 spiro atoms. The van der Waals surface area contributed by atoms with Crippen LogP contribution in [0.3, 0.4) is 0 Å². The van der Waals surface area contributed by atoms with Crippen LogP contribution in [0.2, 0.25) is 0 Å². The molecule has 5 rings (SSSR count). The van der Waals surface area contributed by atoms with E-state index in [0.29, 0.717) is 11.1 Å². The highest BCUT2D eigenvalue weighted by atomic mass is 32.2. The van der Waals surface area contributed by atoms with Gasteiger partial charge in [0.25, 0.3) is 0 Å². The van der Waals surface area contributed by atoms with E-state index in [1.54, 1.807) is 24.3 Å². The molecular weight excluding hydrogens is 538 g/mol. The van der Waals surface area contributed by atoms with Crippen molar-refractivity contribution in [1.29, 1.82) is 0 Å². The van der Waals surface area contributed by atoms with Crippen molar-refractivity contribution >= 4 is 46.8 Å². The summed E-state index contributed by atoms with van der Waals surface area (Å²) < 4.78 is 5.95. The van der Waals surface area contributed by atoms with E-state index < -0.39 is 41.3 Å². The second-order valence-corrected chi connectivity index (χ2v) is 10.7. The Hall–Kier alpha value is -4.38. The maximum atomic E-state index is 13.7. The van der Waals surface area contributed by atoms with Crippen LogP contribution in [0.25, 0.3) is 10.4 Å². The van der Waals surface area contributed by atoms with E-state index in [1.807, 2.05) is 53.9 Å². The monoisotopic (exact) mass is 559 g/mol. The highest BCUT2D eigenvalue weighted by molar-refractivity contribution is 8.03. The fourth-order valence-electron chi connectivity index (χ4n) is 4.46. The third-order valence-corrected chi connectivity index (χ3v) is 8.31. The van der Waals surface area contributed by atoms with Gasteiger partial charge in [0.1, 0.15) is 11.4 Å². The number of carbonyl (C=O) groups is 4. The number of fused-ring (bicyclic) bond motifs is 1. The summed E-state index contributed by atoms with van der Waals surface area (Å²) >= 11 is 2.52. The first kappa shape index (κ1) is 26.2. The van der Waals surface area contributed by atoms with E-state index in [4.69, 9.17) is 10.3 Å². The van der Waals surface area contributed by atoms with Gasteiger partial charge in [-0.15, -0.1) is 23.1 Å². The molecule has 3 atom stereocenters. The van der Waals surface area contributed by atoms with Gasteiger partial charge in [0.05, 0.1) is 6.42 Å². The number of benzene rings is 2. The van der Waals surface area contributed by atoms with E-state index in [1.165, 1.54) is 21.6 Å². The maximum Gasteiger partial charge on any atom is 0.334 e. The topological polar surface area (TPSA) is 142 Å². The van der Waals surface area contributed by atoms with Gasteiger partial charge in [-0.3, -0.25) is 14.4 Å². The highest BCUT2D eigenvalue weighted by Crippen LogP contribution is 2.41. The molecule has 3 heterocycles. The number of azide groups is 1. The van der Waals surface area contributed by atoms with Crippen LogP contribution in [0.5, 0.6) is 0 Å². The number of thiophene rings is 1. The van der Waals surface area contributed by atoms with Crippen molar-refractivity contribution in [3.63, 3.8) is 0 Å². The number of esters is 1. The zero-order chi connectivity index (χ0) is 27.4. The lowest BCUT2D eigenvalue weighted by Gasteiger charge is -2.51. The smallest absolute Gasteiger partial charge is 0.334 e. The van der Waals surface area contributed by atoms with Gasteiger partial charge in [0, 0.05) is 15.4 Å². The summed E-state index contributed by atoms with van der Waals surface area (Å²) in [5.41, 5.74) is 10.0. The third kappa shape index (κ3) is 5.44. The summed E-state index contributed by atoms with van der Waals surface area (Å²) in [5, 5.41) is 8.49. The van der Waals surface area contributed by atoms with Crippen LogP contribution in [0.15, 0.2) is 94.3 Å². The molecule has 0 bridgehead atoms. The van der Waals surface area contributed by atoms with Crippen LogP contribution in [-0.2, 0) is 30.3 Å². The van der Waals surface area contributed by atoms with Gasteiger partial charge in [-0.1, -0.05) is 66.7 Å². The number of nitrogens with zero attached hydrogens (tertiary/aromatic N) is 4. The molecule has 196 valence electrons. The van der Waals surface area contributed by atoms with Crippen LogP contribution in [-0.4, -0.2) is 46.0 Å². The molecule has 2 unspecified atom stereocenters. The molecule has 2 aliphatic rings. The SMILES string of the molecule is [N-]=[N+]=NC(=O)C1=CS[C@@H]2C(NC(=O)Cc3cccs3)C(=O)N2C1C(=O)OC(c1ccccc1)c1ccccc1. The molecule has 1 N–H and O–H groups in total. The molecule has 12 heteroatoms. The lowest BCUT2D eigenvalue weighted by Crippen LogP contribution is -2.74. The van der Waals surface area contributed by atoms with Crippen LogP contribution < -0.4 is 5.32 Å². The molecule has 2 aromatic carbocycles. The van der Waals surface area contributed by atoms with Crippen molar-refractivity contribution in [3.8, 4) is 0 Å². The van der Waals surface area contributed by atoms with Gasteiger partial charge < -0.3 is 15.0 Å². The van der Waals surface area contributed by atoms with E-state index in [0.717, 1.165) is 16.6 Å². The Morgan fingerprint density at radius 3 is 2.28 bits per heavy atom. The molecule has 3 aromatic rings. The first-order chi connectivity index (χ1) is 19.0. The molecule has 39 heavy (non-hydrogen) atoms. The number of hydrogen-bond donors (Lipinski definition) is 1. The number of rotatable bonds is 8. The second kappa shape index (κ2) is 11.6. The molecule has 3 amide bonds. The van der Waals surface area contributed by atoms with Crippen molar-refractivity contribution in [3.05, 3.63) is 116 Å². The Morgan fingerprint density at radius 2 is 1.69 bits per heavy atom. The fourth-order valence-corrected chi connectivity index (χ4v) is 6.38. The Kier molecular flexibility index (Phi) is 7.78. The van der Waals surface area contributed by atoms with Gasteiger partial charge in [0.2, 0.25) is 17.7 Å². The van der Waals surface area contributed by atoms with Gasteiger partial charge in [-0.2, -0.15) is 0 Å². The van der Waals surface area contributed by atoms with E-state index in [2.05, 4.69) is 15.3 Å². The van der Waals surface area contributed by atoms with Gasteiger partial charge >= 0.3 is 5.97 Å². The standard InChI is InChI=1S/C27H21N5O5S2/c28-31-30-24(34)19-15-39-26-21(29-20(33)14-18-12-7-13-38-18)25(35)32(26)22(19)27(36)37-23(16-8-3-1-4-9-16)17-10-5-2-6-11-17/h1-13,15,21-23,26H,14H2,(H,29,33)/t21?,22?,26-/m1/s1. The number of thioether (sulfide) groups is 1. The second-order valence-electron chi connectivity index (χ2n) is 8.68. The first-order valence-corrected chi connectivity index (χ1v) is 13.7. The van der Waals surface area contributed by atoms with E-state index >= 15 is 0 Å². The number of hydrogen-bond acceptors (Lipinski definition) is 7. The third-order valence-electron chi connectivity index (χ3n) is 6.26. The predicted octanol–water partition coefficient (Wildman–Crippen LogP) is 4.11. The summed E-state index contributed by atoms with van der Waals surface area (Å²) in [5.74, 6) is -2.71. The fraction of sp³-hybridized carbons (Fsp3) is 0.185. The Labute approximate surface area is 231 Å². The maximum absolute atomic E-state index is 13.7. The van der Waals surface area contributed by atoms with E-state index in [9.17, 15) is 19.2 Å². The average molecular weight is 560 g/mol. The first-order valence-electron chi connectivity index (χ1n) is 11.9. The number of amides is 3. The predicted molar refractivity (Wildman–Crippen MR) is 145 cm³/mol. The molecule has 2 aliphatic heterocycles. The normalized spacial score (nSPS) is 19.7. The van der Waals surface area contributed by atoms with Gasteiger partial charge in [-0.05, 0) is 38.6 Å². The lowest BCUT2D eigenvalue weighted by atomic mass is 9.96. The zero-order valence-electron chi connectivity index (χ0n) is 20.2. The summed E-state index contributed by atoms with van der Waals surface area (Å²) in [7, 11) is 0.